The highest BCUT2D eigenvalue weighted by Gasteiger charge is 2.44. The maximum absolute atomic E-state index is 14.8. The monoisotopic (exact) mass is 1020 g/mol. The molecule has 0 spiro atoms. The molecule has 3 fully saturated rings. The van der Waals surface area contributed by atoms with Gasteiger partial charge in [-0.05, 0) is 95.3 Å². The number of nitrogens with one attached hydrogen (secondary N) is 2. The number of likely N-dealkylation sites (N-methyl/N-ethyl adjacent to an activating group) is 3. The lowest BCUT2D eigenvalue weighted by molar-refractivity contribution is -0.158. The molecule has 17 nitrogen and oxygen atoms in total. The van der Waals surface area contributed by atoms with E-state index in [2.05, 4.69) is 82.5 Å². The van der Waals surface area contributed by atoms with E-state index in [1.54, 1.807) is 43.3 Å². The number of nitrogens with zero attached hydrogens (tertiary/aromatic N) is 8. The number of thiazole rings is 1. The minimum absolute atomic E-state index is 0.0475. The Morgan fingerprint density at radius 3 is 2.57 bits per heavy atom. The molecular weight excluding hydrogens is 949 g/mol. The van der Waals surface area contributed by atoms with Gasteiger partial charge in [0.1, 0.15) is 17.2 Å². The summed E-state index contributed by atoms with van der Waals surface area (Å²) >= 11 is 1.40. The normalized spacial score (nSPS) is 22.9. The molecule has 7 heterocycles. The number of benzene rings is 1. The van der Waals surface area contributed by atoms with Crippen LogP contribution >= 0.6 is 11.3 Å². The van der Waals surface area contributed by atoms with Crippen molar-refractivity contribution < 1.29 is 33.4 Å². The number of esters is 1. The highest BCUT2D eigenvalue weighted by Crippen LogP contribution is 2.42. The fourth-order valence-electron chi connectivity index (χ4n) is 10.7. The van der Waals surface area contributed by atoms with Crippen LogP contribution in [0.5, 0.6) is 0 Å². The van der Waals surface area contributed by atoms with Gasteiger partial charge >= 0.3 is 12.0 Å². The van der Waals surface area contributed by atoms with Crippen molar-refractivity contribution in [3.8, 4) is 22.5 Å². The van der Waals surface area contributed by atoms with Crippen molar-refractivity contribution in [2.75, 3.05) is 61.0 Å². The third kappa shape index (κ3) is 10.8. The van der Waals surface area contributed by atoms with Gasteiger partial charge < -0.3 is 34.1 Å². The second-order valence-corrected chi connectivity index (χ2v) is 23.0. The van der Waals surface area contributed by atoms with E-state index in [0.717, 1.165) is 64.1 Å². The summed E-state index contributed by atoms with van der Waals surface area (Å²) in [5.74, 6) is -1.95. The number of pyridine rings is 1. The molecule has 4 aromatic rings. The molecule has 5 amide bonds. The topological polar surface area (TPSA) is 175 Å². The number of aromatic nitrogens is 3. The lowest BCUT2D eigenvalue weighted by atomic mass is 9.84. The fourth-order valence-corrected chi connectivity index (χ4v) is 11.9. The first kappa shape index (κ1) is 52.8. The second kappa shape index (κ2) is 21.5. The number of urea groups is 1. The van der Waals surface area contributed by atoms with Gasteiger partial charge in [-0.2, -0.15) is 0 Å². The summed E-state index contributed by atoms with van der Waals surface area (Å²) < 4.78 is 14.3. The number of ether oxygens (including phenoxy) is 2. The first-order valence-corrected chi connectivity index (χ1v) is 26.7. The largest absolute Gasteiger partial charge is 0.464 e. The van der Waals surface area contributed by atoms with Crippen LogP contribution in [0, 0.1) is 11.3 Å². The number of likely N-dealkylation sites (tertiary alicyclic amines) is 2. The number of hydrogen-bond acceptors (Lipinski definition) is 12. The first-order valence-electron chi connectivity index (χ1n) is 25.3. The van der Waals surface area contributed by atoms with Crippen molar-refractivity contribution in [2.45, 2.75) is 122 Å². The summed E-state index contributed by atoms with van der Waals surface area (Å²) in [5.41, 5.74) is 9.14. The Morgan fingerprint density at radius 1 is 1.11 bits per heavy atom. The number of rotatable bonds is 11. The van der Waals surface area contributed by atoms with Crippen LogP contribution in [-0.4, -0.2) is 169 Å². The summed E-state index contributed by atoms with van der Waals surface area (Å²) in [4.78, 5) is 87.7. The Labute approximate surface area is 431 Å². The minimum atomic E-state index is -1.43. The lowest BCUT2D eigenvalue weighted by Gasteiger charge is -2.45. The number of cyclic esters (lactones) is 1. The van der Waals surface area contributed by atoms with Crippen molar-refractivity contribution in [1.82, 2.24) is 49.9 Å². The van der Waals surface area contributed by atoms with Crippen LogP contribution in [0.25, 0.3) is 33.4 Å². The van der Waals surface area contributed by atoms with Crippen molar-refractivity contribution >= 4 is 62.2 Å². The quantitative estimate of drug-likeness (QED) is 0.109. The Balaban J connectivity index is 1.09. The minimum Gasteiger partial charge on any atom is -0.464 e. The third-order valence-corrected chi connectivity index (χ3v) is 16.4. The zero-order valence-corrected chi connectivity index (χ0v) is 45.3. The van der Waals surface area contributed by atoms with Crippen molar-refractivity contribution in [2.24, 2.45) is 11.3 Å². The molecule has 0 saturated carbocycles. The summed E-state index contributed by atoms with van der Waals surface area (Å²) in [7, 11) is 10.8. The standard InChI is InChI=1S/C53H71N10O7SSi/c1-11-62-42-19-17-34-25-38(42)39(47(62)37-16-12-22-54-45(37)33(4)69-10)27-52(5,6)31-70-50(67)53(72)21-14-24-63(57-53)49(66)40(26-43-55-41(34)30-71-43)56-48(65)46(32(2)3)60(9)51(68)59(8)36-28-61(29-36)44(64)20-18-35-15-13-23-58(35)7/h12,16-20,22,25,30,32-33,35-36,40,46,57H,11,13-15,21,23-24,26-29,31H2,1-10H3,(H,56,65)/b20-18+/t33-,35+,40-,46-,53-/m0/s1. The number of carbonyl (C=O) groups excluding carboxylic acids is 5. The molecule has 19 heteroatoms. The zero-order chi connectivity index (χ0) is 51.8. The number of methoxy groups -OCH3 is 1. The van der Waals surface area contributed by atoms with E-state index < -0.39 is 40.4 Å². The molecule has 3 aromatic heterocycles. The van der Waals surface area contributed by atoms with Crippen LogP contribution in [0.4, 0.5) is 4.79 Å². The predicted molar refractivity (Wildman–Crippen MR) is 279 cm³/mol. The van der Waals surface area contributed by atoms with Crippen LogP contribution < -0.4 is 10.7 Å². The lowest BCUT2D eigenvalue weighted by Crippen LogP contribution is -2.68. The van der Waals surface area contributed by atoms with E-state index in [1.165, 1.54) is 21.2 Å². The van der Waals surface area contributed by atoms with Gasteiger partial charge in [0.15, 0.2) is 0 Å². The predicted octanol–water partition coefficient (Wildman–Crippen LogP) is 5.57. The number of aryl methyl sites for hydroxylation is 1. The molecule has 5 atom stereocenters. The number of fused-ring (bicyclic) bond motifs is 6. The van der Waals surface area contributed by atoms with E-state index in [-0.39, 0.29) is 55.6 Å². The molecule has 8 rings (SSSR count). The number of hydrogen-bond donors (Lipinski definition) is 2. The molecule has 1 aromatic carbocycles. The van der Waals surface area contributed by atoms with Gasteiger partial charge in [0.25, 0.3) is 5.91 Å². The van der Waals surface area contributed by atoms with Gasteiger partial charge in [-0.1, -0.05) is 39.8 Å². The van der Waals surface area contributed by atoms with Crippen molar-refractivity contribution in [3.05, 3.63) is 70.3 Å². The Hall–Kier alpha value is -5.47. The van der Waals surface area contributed by atoms with Crippen LogP contribution in [0.3, 0.4) is 0 Å². The van der Waals surface area contributed by atoms with E-state index in [9.17, 15) is 24.0 Å². The van der Waals surface area contributed by atoms with E-state index in [4.69, 9.17) is 19.4 Å². The van der Waals surface area contributed by atoms with Crippen LogP contribution in [0.2, 0.25) is 0 Å². The van der Waals surface area contributed by atoms with E-state index in [0.29, 0.717) is 43.9 Å². The Kier molecular flexibility index (Phi) is 15.8. The third-order valence-electron chi connectivity index (χ3n) is 15.0. The summed E-state index contributed by atoms with van der Waals surface area (Å²) in [5, 5.41) is 6.62. The molecule has 2 N–H and O–H groups in total. The highest BCUT2D eigenvalue weighted by atomic mass is 32.1. The number of carbonyl (C=O) groups is 5. The van der Waals surface area contributed by atoms with Gasteiger partial charge in [0.2, 0.25) is 11.8 Å². The molecular formula is C53H71N10O7SSi. The maximum Gasteiger partial charge on any atom is 0.323 e. The summed E-state index contributed by atoms with van der Waals surface area (Å²) in [6.07, 6.45) is 8.67. The molecule has 3 saturated heterocycles. The van der Waals surface area contributed by atoms with Gasteiger partial charge in [-0.15, -0.1) is 11.3 Å². The highest BCUT2D eigenvalue weighted by molar-refractivity contribution is 7.10. The van der Waals surface area contributed by atoms with Gasteiger partial charge in [0, 0.05) is 105 Å². The van der Waals surface area contributed by atoms with Gasteiger partial charge in [0.05, 0.1) is 51.1 Å². The molecule has 0 aliphatic carbocycles. The molecule has 72 heavy (non-hydrogen) atoms. The molecule has 4 aliphatic heterocycles. The smallest absolute Gasteiger partial charge is 0.323 e. The van der Waals surface area contributed by atoms with Crippen LogP contribution in [0.15, 0.2) is 54.1 Å². The maximum atomic E-state index is 14.8. The number of amides is 5. The number of hydrazine groups is 1. The Bertz CT molecular complexity index is 2720. The zero-order valence-electron chi connectivity index (χ0n) is 43.5. The van der Waals surface area contributed by atoms with Crippen LogP contribution in [-0.2, 0) is 48.0 Å². The van der Waals surface area contributed by atoms with E-state index in [1.807, 2.05) is 38.3 Å². The van der Waals surface area contributed by atoms with Gasteiger partial charge in [-0.25, -0.2) is 15.2 Å². The Morgan fingerprint density at radius 2 is 1.88 bits per heavy atom. The van der Waals surface area contributed by atoms with Crippen molar-refractivity contribution in [3.63, 3.8) is 0 Å². The second-order valence-electron chi connectivity index (χ2n) is 21.2. The molecule has 385 valence electrons. The SMILES string of the molecule is CCn1c(-c2cccnc2[C@H](C)OC)c2c3cc(ccc31)-c1csc(n1)C[C@H](NC(=O)[C@H](C(C)C)N(C)C(=O)N(C)C1CN(C(=O)/C=C/[C@H]3CCCN3C)C1)C(=O)N1CCC[C@@]([Si])(N1)C(=O)OCC(C)(C)C2. The molecule has 6 bridgehead atoms. The average Bonchev–Trinajstić information content (AvgIpc) is 4.07. The van der Waals surface area contributed by atoms with Crippen LogP contribution in [0.1, 0.15) is 89.6 Å². The molecule has 0 unspecified atom stereocenters. The average molecular weight is 1020 g/mol. The van der Waals surface area contributed by atoms with Crippen molar-refractivity contribution in [1.29, 1.82) is 0 Å². The first-order chi connectivity index (χ1) is 34.2. The fraction of sp³-hybridized carbons (Fsp3) is 0.566. The molecule has 4 aliphatic rings. The molecule has 3 radical (unpaired) electrons. The van der Waals surface area contributed by atoms with E-state index >= 15 is 0 Å². The van der Waals surface area contributed by atoms with Gasteiger partial charge in [-0.3, -0.25) is 34.1 Å². The summed E-state index contributed by atoms with van der Waals surface area (Å²) in [6.45, 7) is 14.8. The summed E-state index contributed by atoms with van der Waals surface area (Å²) in [6, 6.07) is 7.96.